The molecule has 0 N–H and O–H groups in total. The maximum Gasteiger partial charge on any atom is 0.0627 e. The average molecular weight is 243 g/mol. The summed E-state index contributed by atoms with van der Waals surface area (Å²) in [4.78, 5) is 0. The minimum absolute atomic E-state index is 0.438. The molecule has 0 amide bonds. The Morgan fingerprint density at radius 2 is 2.00 bits per heavy atom. The largest absolute Gasteiger partial charge is 0.270 e. The van der Waals surface area contributed by atoms with E-state index in [-0.39, 0.29) is 0 Å². The minimum atomic E-state index is 0.438. The molecule has 1 aromatic rings. The van der Waals surface area contributed by atoms with E-state index in [1.54, 1.807) is 0 Å². The van der Waals surface area contributed by atoms with Crippen LogP contribution in [0.3, 0.4) is 0 Å². The van der Waals surface area contributed by atoms with E-state index in [9.17, 15) is 0 Å². The van der Waals surface area contributed by atoms with Gasteiger partial charge >= 0.3 is 0 Å². The van der Waals surface area contributed by atoms with Crippen LogP contribution in [-0.4, -0.2) is 15.7 Å². The predicted octanol–water partition coefficient (Wildman–Crippen LogP) is 3.91. The van der Waals surface area contributed by atoms with Gasteiger partial charge < -0.3 is 0 Å². The first kappa shape index (κ1) is 13.6. The van der Waals surface area contributed by atoms with Crippen molar-refractivity contribution in [2.75, 3.05) is 5.88 Å². The van der Waals surface area contributed by atoms with Crippen LogP contribution in [0.15, 0.2) is 12.3 Å². The van der Waals surface area contributed by atoms with Crippen LogP contribution < -0.4 is 0 Å². The van der Waals surface area contributed by atoms with Gasteiger partial charge in [-0.15, -0.1) is 11.6 Å². The number of halogens is 1. The van der Waals surface area contributed by atoms with Gasteiger partial charge in [-0.2, -0.15) is 5.10 Å². The quantitative estimate of drug-likeness (QED) is 0.692. The van der Waals surface area contributed by atoms with Crippen LogP contribution in [-0.2, 0) is 6.42 Å². The van der Waals surface area contributed by atoms with E-state index in [1.807, 2.05) is 4.68 Å². The van der Waals surface area contributed by atoms with Gasteiger partial charge in [0.2, 0.25) is 0 Å². The lowest BCUT2D eigenvalue weighted by Crippen LogP contribution is -2.11. The molecular formula is C13H23ClN2. The molecule has 0 radical (unpaired) electrons. The molecule has 1 atom stereocenters. The van der Waals surface area contributed by atoms with Crippen LogP contribution in [0.25, 0.3) is 0 Å². The Labute approximate surface area is 104 Å². The van der Waals surface area contributed by atoms with Gasteiger partial charge in [-0.25, -0.2) is 0 Å². The fourth-order valence-corrected chi connectivity index (χ4v) is 2.17. The summed E-state index contributed by atoms with van der Waals surface area (Å²) in [5.41, 5.74) is 1.17. The van der Waals surface area contributed by atoms with E-state index in [0.717, 1.165) is 12.3 Å². The van der Waals surface area contributed by atoms with Crippen molar-refractivity contribution in [3.05, 3.63) is 18.0 Å². The first-order valence-corrected chi connectivity index (χ1v) is 6.66. The molecule has 0 spiro atoms. The van der Waals surface area contributed by atoms with Crippen molar-refractivity contribution in [2.45, 2.75) is 46.6 Å². The highest BCUT2D eigenvalue weighted by Gasteiger charge is 2.12. The van der Waals surface area contributed by atoms with E-state index >= 15 is 0 Å². The van der Waals surface area contributed by atoms with Gasteiger partial charge in [0.15, 0.2) is 0 Å². The SMILES string of the molecule is CC(C)CC(CCl)Cc1ccn(C(C)C)n1. The Kier molecular flexibility index (Phi) is 5.33. The highest BCUT2D eigenvalue weighted by atomic mass is 35.5. The molecule has 3 heteroatoms. The molecule has 0 aliphatic carbocycles. The molecule has 1 aromatic heterocycles. The summed E-state index contributed by atoms with van der Waals surface area (Å²) in [6, 6.07) is 2.55. The van der Waals surface area contributed by atoms with Crippen molar-refractivity contribution in [1.82, 2.24) is 9.78 Å². The monoisotopic (exact) mass is 242 g/mol. The van der Waals surface area contributed by atoms with Crippen molar-refractivity contribution in [3.8, 4) is 0 Å². The number of nitrogens with zero attached hydrogens (tertiary/aromatic N) is 2. The average Bonchev–Trinajstić information content (AvgIpc) is 2.64. The van der Waals surface area contributed by atoms with Crippen LogP contribution in [0.5, 0.6) is 0 Å². The van der Waals surface area contributed by atoms with Gasteiger partial charge in [0, 0.05) is 18.1 Å². The molecule has 16 heavy (non-hydrogen) atoms. The zero-order valence-corrected chi connectivity index (χ0v) is 11.5. The van der Waals surface area contributed by atoms with E-state index in [2.05, 4.69) is 45.1 Å². The van der Waals surface area contributed by atoms with E-state index in [0.29, 0.717) is 17.9 Å². The van der Waals surface area contributed by atoms with Crippen LogP contribution in [0.4, 0.5) is 0 Å². The topological polar surface area (TPSA) is 17.8 Å². The molecule has 0 aliphatic heterocycles. The van der Waals surface area contributed by atoms with Crippen molar-refractivity contribution < 1.29 is 0 Å². The Hall–Kier alpha value is -0.500. The number of aromatic nitrogens is 2. The maximum atomic E-state index is 6.00. The molecular weight excluding hydrogens is 220 g/mol. The van der Waals surface area contributed by atoms with E-state index in [4.69, 9.17) is 11.6 Å². The molecule has 2 nitrogen and oxygen atoms in total. The molecule has 0 fully saturated rings. The molecule has 0 bridgehead atoms. The smallest absolute Gasteiger partial charge is 0.0627 e. The summed E-state index contributed by atoms with van der Waals surface area (Å²) in [6.45, 7) is 8.77. The van der Waals surface area contributed by atoms with Gasteiger partial charge in [-0.3, -0.25) is 4.68 Å². The molecule has 1 unspecified atom stereocenters. The zero-order chi connectivity index (χ0) is 12.1. The lowest BCUT2D eigenvalue weighted by molar-refractivity contribution is 0.433. The fourth-order valence-electron chi connectivity index (χ4n) is 1.94. The summed E-state index contributed by atoms with van der Waals surface area (Å²) in [5.74, 6) is 1.99. The summed E-state index contributed by atoms with van der Waals surface area (Å²) in [6.07, 6.45) is 4.24. The number of alkyl halides is 1. The lowest BCUT2D eigenvalue weighted by Gasteiger charge is -2.14. The van der Waals surface area contributed by atoms with Crippen molar-refractivity contribution in [1.29, 1.82) is 0 Å². The predicted molar refractivity (Wildman–Crippen MR) is 70.0 cm³/mol. The molecule has 0 saturated heterocycles. The number of hydrogen-bond acceptors (Lipinski definition) is 1. The Morgan fingerprint density at radius 3 is 2.44 bits per heavy atom. The minimum Gasteiger partial charge on any atom is -0.270 e. The lowest BCUT2D eigenvalue weighted by atomic mass is 9.95. The summed E-state index contributed by atoms with van der Waals surface area (Å²) >= 11 is 6.00. The Balaban J connectivity index is 2.56. The zero-order valence-electron chi connectivity index (χ0n) is 10.8. The third kappa shape index (κ3) is 4.17. The summed E-state index contributed by atoms with van der Waals surface area (Å²) in [5, 5.41) is 4.56. The molecule has 1 rings (SSSR count). The van der Waals surface area contributed by atoms with Crippen molar-refractivity contribution in [3.63, 3.8) is 0 Å². The van der Waals surface area contributed by atoms with Crippen molar-refractivity contribution in [2.24, 2.45) is 11.8 Å². The van der Waals surface area contributed by atoms with Gasteiger partial charge in [0.1, 0.15) is 0 Å². The fraction of sp³-hybridized carbons (Fsp3) is 0.769. The summed E-state index contributed by atoms with van der Waals surface area (Å²) < 4.78 is 2.01. The highest BCUT2D eigenvalue weighted by Crippen LogP contribution is 2.18. The molecule has 0 aromatic carbocycles. The number of hydrogen-bond donors (Lipinski definition) is 0. The van der Waals surface area contributed by atoms with Crippen molar-refractivity contribution >= 4 is 11.6 Å². The first-order valence-electron chi connectivity index (χ1n) is 6.13. The molecule has 0 saturated carbocycles. The standard InChI is InChI=1S/C13H23ClN2/c1-10(2)7-12(9-14)8-13-5-6-16(15-13)11(3)4/h5-6,10-12H,7-9H2,1-4H3. The van der Waals surface area contributed by atoms with Crippen LogP contribution in [0, 0.1) is 11.8 Å². The second kappa shape index (κ2) is 6.29. The third-order valence-corrected chi connectivity index (χ3v) is 3.15. The van der Waals surface area contributed by atoms with Crippen LogP contribution >= 0.6 is 11.6 Å². The Bertz CT molecular complexity index is 305. The first-order chi connectivity index (χ1) is 7.52. The van der Waals surface area contributed by atoms with Crippen LogP contribution in [0.2, 0.25) is 0 Å². The second-order valence-corrected chi connectivity index (χ2v) is 5.54. The van der Waals surface area contributed by atoms with E-state index < -0.39 is 0 Å². The summed E-state index contributed by atoms with van der Waals surface area (Å²) in [7, 11) is 0. The van der Waals surface area contributed by atoms with E-state index in [1.165, 1.54) is 12.1 Å². The second-order valence-electron chi connectivity index (χ2n) is 5.23. The molecule has 0 aliphatic rings. The normalized spacial score (nSPS) is 13.7. The molecule has 92 valence electrons. The van der Waals surface area contributed by atoms with Gasteiger partial charge in [-0.05, 0) is 44.6 Å². The molecule has 1 heterocycles. The van der Waals surface area contributed by atoms with Gasteiger partial charge in [0.25, 0.3) is 0 Å². The highest BCUT2D eigenvalue weighted by molar-refractivity contribution is 6.18. The maximum absolute atomic E-state index is 6.00. The van der Waals surface area contributed by atoms with Gasteiger partial charge in [0.05, 0.1) is 5.69 Å². The number of rotatable bonds is 6. The van der Waals surface area contributed by atoms with Gasteiger partial charge in [-0.1, -0.05) is 13.8 Å². The third-order valence-electron chi connectivity index (χ3n) is 2.71. The van der Waals surface area contributed by atoms with Crippen LogP contribution in [0.1, 0.15) is 45.9 Å². The Morgan fingerprint density at radius 1 is 1.31 bits per heavy atom.